The average molecular weight is 377 g/mol. The fraction of sp³-hybridized carbons (Fsp3) is 0.143. The minimum atomic E-state index is -0.271. The maximum atomic E-state index is 14.1. The molecule has 0 amide bonds. The second kappa shape index (κ2) is 8.85. The molecule has 0 unspecified atom stereocenters. The van der Waals surface area contributed by atoms with E-state index >= 15 is 0 Å². The number of halogens is 1. The summed E-state index contributed by atoms with van der Waals surface area (Å²) < 4.78 is 19.9. The normalized spacial score (nSPS) is 14.5. The summed E-state index contributed by atoms with van der Waals surface area (Å²) >= 11 is 0. The number of allylic oxidation sites excluding steroid dienone is 6. The van der Waals surface area contributed by atoms with E-state index in [9.17, 15) is 4.39 Å². The van der Waals surface area contributed by atoms with Gasteiger partial charge in [-0.15, -0.1) is 5.10 Å². The van der Waals surface area contributed by atoms with Crippen molar-refractivity contribution < 1.29 is 9.13 Å². The van der Waals surface area contributed by atoms with Gasteiger partial charge in [-0.25, -0.2) is 14.4 Å². The second-order valence-corrected chi connectivity index (χ2v) is 6.12. The lowest BCUT2D eigenvalue weighted by Gasteiger charge is -2.10. The molecule has 0 radical (unpaired) electrons. The molecule has 3 rings (SSSR count). The average Bonchev–Trinajstić information content (AvgIpc) is 2.88. The molecule has 28 heavy (non-hydrogen) atoms. The van der Waals surface area contributed by atoms with Gasteiger partial charge in [0.2, 0.25) is 5.90 Å². The molecule has 7 heteroatoms. The molecular weight excluding hydrogens is 357 g/mol. The minimum Gasteiger partial charge on any atom is -0.470 e. The fourth-order valence-corrected chi connectivity index (χ4v) is 2.56. The zero-order valence-corrected chi connectivity index (χ0v) is 15.5. The van der Waals surface area contributed by atoms with Gasteiger partial charge in [-0.2, -0.15) is 5.10 Å². The van der Waals surface area contributed by atoms with Crippen LogP contribution >= 0.6 is 0 Å². The molecule has 1 aromatic carbocycles. The van der Waals surface area contributed by atoms with Gasteiger partial charge < -0.3 is 10.5 Å². The smallest absolute Gasteiger partial charge is 0.241 e. The molecule has 6 nitrogen and oxygen atoms in total. The van der Waals surface area contributed by atoms with Crippen molar-refractivity contribution in [2.45, 2.75) is 20.0 Å². The van der Waals surface area contributed by atoms with E-state index in [1.807, 2.05) is 42.5 Å². The van der Waals surface area contributed by atoms with Crippen LogP contribution in [0.15, 0.2) is 76.4 Å². The van der Waals surface area contributed by atoms with Gasteiger partial charge in [-0.1, -0.05) is 30.4 Å². The number of nitrogens with two attached hydrogens (primary N) is 1. The summed E-state index contributed by atoms with van der Waals surface area (Å²) in [6.45, 7) is 5.16. The summed E-state index contributed by atoms with van der Waals surface area (Å²) in [5, 5.41) is 7.47. The Kier molecular flexibility index (Phi) is 6.06. The van der Waals surface area contributed by atoms with Gasteiger partial charge >= 0.3 is 0 Å². The van der Waals surface area contributed by atoms with Crippen molar-refractivity contribution in [1.29, 1.82) is 0 Å². The Balaban J connectivity index is 1.85. The van der Waals surface area contributed by atoms with Crippen LogP contribution in [0, 0.1) is 0 Å². The Morgan fingerprint density at radius 3 is 2.86 bits per heavy atom. The van der Waals surface area contributed by atoms with Crippen LogP contribution < -0.4 is 5.73 Å². The molecule has 142 valence electrons. The van der Waals surface area contributed by atoms with E-state index in [-0.39, 0.29) is 18.3 Å². The summed E-state index contributed by atoms with van der Waals surface area (Å²) in [6, 6.07) is 9.29. The van der Waals surface area contributed by atoms with Crippen LogP contribution in [-0.2, 0) is 11.3 Å². The lowest BCUT2D eigenvalue weighted by molar-refractivity contribution is 0.288. The van der Waals surface area contributed by atoms with Crippen molar-refractivity contribution in [2.24, 2.45) is 10.2 Å². The number of rotatable bonds is 5. The van der Waals surface area contributed by atoms with E-state index in [0.29, 0.717) is 34.9 Å². The Labute approximate surface area is 162 Å². The fourth-order valence-electron chi connectivity index (χ4n) is 2.56. The van der Waals surface area contributed by atoms with Crippen LogP contribution in [0.2, 0.25) is 0 Å². The molecule has 1 aromatic heterocycles. The highest BCUT2D eigenvalue weighted by Gasteiger charge is 2.13. The first kappa shape index (κ1) is 19.2. The van der Waals surface area contributed by atoms with Crippen LogP contribution in [0.3, 0.4) is 0 Å². The molecule has 0 aliphatic heterocycles. The zero-order chi connectivity index (χ0) is 19.9. The number of aromatic nitrogens is 2. The number of benzene rings is 1. The molecule has 0 bridgehead atoms. The third kappa shape index (κ3) is 4.56. The Hall–Kier alpha value is -3.61. The van der Waals surface area contributed by atoms with E-state index in [4.69, 9.17) is 10.5 Å². The quantitative estimate of drug-likeness (QED) is 0.480. The summed E-state index contributed by atoms with van der Waals surface area (Å²) in [4.78, 5) is 8.67. The topological polar surface area (TPSA) is 85.8 Å². The third-order valence-corrected chi connectivity index (χ3v) is 4.11. The largest absolute Gasteiger partial charge is 0.470 e. The molecule has 1 aliphatic rings. The van der Waals surface area contributed by atoms with Crippen molar-refractivity contribution in [3.05, 3.63) is 83.1 Å². The van der Waals surface area contributed by atoms with Gasteiger partial charge in [0.25, 0.3) is 0 Å². The van der Waals surface area contributed by atoms with Gasteiger partial charge in [0.15, 0.2) is 0 Å². The molecule has 1 heterocycles. The van der Waals surface area contributed by atoms with Gasteiger partial charge in [-0.3, -0.25) is 0 Å². The standard InChI is InChI=1S/C21H20FN5O/c1-14-7-6-10-16(11-17(14)22)18-12-25-20(23)19(26-18)13-28-21(27-24-2)15-8-4-3-5-9-15/h3-6,8-12H,2,7,13H2,1H3,(H2,23,25)/b27-21-. The van der Waals surface area contributed by atoms with E-state index in [2.05, 4.69) is 26.9 Å². The number of nitrogen functional groups attached to an aromatic ring is 1. The predicted molar refractivity (Wildman–Crippen MR) is 109 cm³/mol. The van der Waals surface area contributed by atoms with E-state index in [1.165, 1.54) is 12.3 Å². The van der Waals surface area contributed by atoms with E-state index < -0.39 is 0 Å². The number of hydrogen-bond donors (Lipinski definition) is 1. The summed E-state index contributed by atoms with van der Waals surface area (Å²) in [5.74, 6) is 0.250. The molecule has 1 aliphatic carbocycles. The van der Waals surface area contributed by atoms with Gasteiger partial charge in [0, 0.05) is 17.9 Å². The van der Waals surface area contributed by atoms with Crippen LogP contribution in [0.25, 0.3) is 5.57 Å². The predicted octanol–water partition coefficient (Wildman–Crippen LogP) is 4.22. The monoisotopic (exact) mass is 377 g/mol. The molecule has 2 N–H and O–H groups in total. The zero-order valence-electron chi connectivity index (χ0n) is 15.5. The van der Waals surface area contributed by atoms with Crippen molar-refractivity contribution in [3.8, 4) is 0 Å². The van der Waals surface area contributed by atoms with Crippen molar-refractivity contribution >= 4 is 24.0 Å². The Morgan fingerprint density at radius 2 is 2.11 bits per heavy atom. The van der Waals surface area contributed by atoms with E-state index in [1.54, 1.807) is 6.92 Å². The first-order chi connectivity index (χ1) is 13.6. The van der Waals surface area contributed by atoms with Crippen LogP contribution in [0.1, 0.15) is 30.3 Å². The maximum absolute atomic E-state index is 14.1. The molecule has 0 atom stereocenters. The third-order valence-electron chi connectivity index (χ3n) is 4.11. The highest BCUT2D eigenvalue weighted by Crippen LogP contribution is 2.24. The number of hydrogen-bond acceptors (Lipinski definition) is 6. The van der Waals surface area contributed by atoms with Crippen molar-refractivity contribution in [3.63, 3.8) is 0 Å². The highest BCUT2D eigenvalue weighted by atomic mass is 19.1. The van der Waals surface area contributed by atoms with Gasteiger partial charge in [-0.05, 0) is 37.1 Å². The molecule has 2 aromatic rings. The van der Waals surface area contributed by atoms with Crippen LogP contribution in [-0.4, -0.2) is 22.6 Å². The Morgan fingerprint density at radius 1 is 1.32 bits per heavy atom. The minimum absolute atomic E-state index is 0.0320. The number of nitrogens with zero attached hydrogens (tertiary/aromatic N) is 4. The number of ether oxygens (including phenoxy) is 1. The van der Waals surface area contributed by atoms with Gasteiger partial charge in [0.05, 0.1) is 11.9 Å². The first-order valence-corrected chi connectivity index (χ1v) is 8.65. The summed E-state index contributed by atoms with van der Waals surface area (Å²) in [5.41, 5.74) is 8.91. The lowest BCUT2D eigenvalue weighted by Crippen LogP contribution is -2.10. The maximum Gasteiger partial charge on any atom is 0.241 e. The molecule has 0 spiro atoms. The lowest BCUT2D eigenvalue weighted by atomic mass is 10.1. The summed E-state index contributed by atoms with van der Waals surface area (Å²) in [7, 11) is 0. The van der Waals surface area contributed by atoms with Crippen molar-refractivity contribution in [2.75, 3.05) is 5.73 Å². The molecule has 0 saturated carbocycles. The Bertz CT molecular complexity index is 993. The van der Waals surface area contributed by atoms with Gasteiger partial charge in [0.1, 0.15) is 23.9 Å². The van der Waals surface area contributed by atoms with Crippen molar-refractivity contribution in [1.82, 2.24) is 9.97 Å². The molecule has 0 fully saturated rings. The number of anilines is 1. The van der Waals surface area contributed by atoms with E-state index in [0.717, 1.165) is 5.56 Å². The highest BCUT2D eigenvalue weighted by molar-refractivity contribution is 5.94. The second-order valence-electron chi connectivity index (χ2n) is 6.12. The first-order valence-electron chi connectivity index (χ1n) is 8.65. The van der Waals surface area contributed by atoms with Crippen LogP contribution in [0.4, 0.5) is 10.2 Å². The van der Waals surface area contributed by atoms with Crippen LogP contribution in [0.5, 0.6) is 0 Å². The SMILES string of the molecule is C=N/N=C(\OCc1nc(C2=CC(F)=C(C)CC=C2)cnc1N)c1ccccc1. The molecular formula is C21H20FN5O. The molecule has 0 saturated heterocycles. The summed E-state index contributed by atoms with van der Waals surface area (Å²) in [6.07, 6.45) is 7.22.